The highest BCUT2D eigenvalue weighted by atomic mass is 32.3. The highest BCUT2D eigenvalue weighted by Crippen LogP contribution is 2.71. The number of amides is 1. The minimum atomic E-state index is -4.67. The molecule has 36 nitrogen and oxygen atoms in total. The van der Waals surface area contributed by atoms with Crippen molar-refractivity contribution in [2.45, 2.75) is 199 Å². The number of aliphatic hydroxyl groups is 5. The summed E-state index contributed by atoms with van der Waals surface area (Å²) in [5.41, 5.74) is -2.10. The number of nitrogens with one attached hydrogen (secondary N) is 2. The van der Waals surface area contributed by atoms with Crippen LogP contribution in [0.25, 0.3) is 21.8 Å². The average molecular weight is 1850 g/mol. The van der Waals surface area contributed by atoms with Gasteiger partial charge in [-0.05, 0) is 136 Å². The predicted molar refractivity (Wildman–Crippen MR) is 476 cm³/mol. The maximum Gasteiger partial charge on any atom is 0.394 e. The van der Waals surface area contributed by atoms with Gasteiger partial charge in [-0.1, -0.05) is 100 Å². The number of esters is 6. The van der Waals surface area contributed by atoms with Gasteiger partial charge in [-0.25, -0.2) is 19.2 Å². The number of H-pyrrole nitrogens is 2. The summed E-state index contributed by atoms with van der Waals surface area (Å²) in [6.45, 7) is 17.4. The fourth-order valence-corrected chi connectivity index (χ4v) is 26.5. The number of aliphatic hydroxyl groups excluding tert-OH is 2. The summed E-state index contributed by atoms with van der Waals surface area (Å²) < 4.78 is 79.2. The Kier molecular flexibility index (Phi) is 25.6. The zero-order valence-corrected chi connectivity index (χ0v) is 77.0. The first-order chi connectivity index (χ1) is 62.6. The summed E-state index contributed by atoms with van der Waals surface area (Å²) in [6.07, 6.45) is 8.97. The summed E-state index contributed by atoms with van der Waals surface area (Å²) in [5, 5.41) is 73.1. The van der Waals surface area contributed by atoms with Crippen LogP contribution < -0.4 is 19.3 Å². The first-order valence-corrected chi connectivity index (χ1v) is 46.0. The molecular weight excluding hydrogens is 1730 g/mol. The van der Waals surface area contributed by atoms with Crippen molar-refractivity contribution in [3.8, 4) is 11.5 Å². The number of fused-ring (bicyclic) bond motifs is 12. The van der Waals surface area contributed by atoms with Gasteiger partial charge in [0.15, 0.2) is 24.4 Å². The molecule has 1 amide bonds. The SMILES string of the molecule is CCC1=C[C@@H]2C[N@](C1)Cc1c([nH]c3ccccc13)[C@@](C(=O)OC)(c1cc3c(cc1OC)N(C)[C@H]1[C@@](O)(C(=O)OC)[C@H](OC(C)=O)[C@]4(CC)C=CCN5CC[C@]31[C@@H]54)C2.CC[C@]1(O)C[C@H]2C[N@](CCc3c([nH]c4ccccc34)[C@@](C(=O)OC)(c3cc4c(cc3OC)N(C=O)[C@H]3[C@@](O)(C(=O)OC)[C@H](OC(C)=O)[C@]5(CC)C=CCN6CC[C@]43[C@@H]65)C2)C1.O=C(O)C(O)C(O)C(=O)O.O=S(=O)(O)O. The molecule has 2 aromatic heterocycles. The second-order valence-corrected chi connectivity index (χ2v) is 38.2. The lowest BCUT2D eigenvalue weighted by Crippen LogP contribution is -2.81. The molecule has 3 saturated heterocycles. The number of carbonyl (C=O) groups is 9. The minimum Gasteiger partial charge on any atom is -0.496 e. The summed E-state index contributed by atoms with van der Waals surface area (Å²) >= 11 is 0. The van der Waals surface area contributed by atoms with Crippen LogP contribution in [0.4, 0.5) is 11.4 Å². The number of nitrogens with zero attached hydrogens (tertiary/aromatic N) is 6. The Labute approximate surface area is 763 Å². The first kappa shape index (κ1) is 95.9. The van der Waals surface area contributed by atoms with Gasteiger partial charge in [-0.15, -0.1) is 0 Å². The molecule has 37 heteroatoms. The van der Waals surface area contributed by atoms with Crippen LogP contribution >= 0.6 is 0 Å². The molecule has 5 fully saturated rings. The summed E-state index contributed by atoms with van der Waals surface area (Å²) in [5.74, 6) is -6.91. The molecule has 10 aliphatic heterocycles. The number of anilines is 2. The number of ether oxygens (including phenoxy) is 8. The number of hydrogen-bond acceptors (Lipinski definition) is 29. The van der Waals surface area contributed by atoms with Crippen molar-refractivity contribution < 1.29 is 134 Å². The molecule has 12 heterocycles. The lowest BCUT2D eigenvalue weighted by atomic mass is 9.47. The molecule has 4 aromatic carbocycles. The van der Waals surface area contributed by atoms with E-state index < -0.39 is 144 Å². The Morgan fingerprint density at radius 1 is 0.561 bits per heavy atom. The number of rotatable bonds is 18. The zero-order chi connectivity index (χ0) is 95.6. The number of para-hydroxylation sites is 2. The normalized spacial score (nSPS) is 33.3. The smallest absolute Gasteiger partial charge is 0.394 e. The van der Waals surface area contributed by atoms with E-state index in [1.165, 1.54) is 59.9 Å². The van der Waals surface area contributed by atoms with Crippen molar-refractivity contribution in [3.05, 3.63) is 154 Å². The Bertz CT molecular complexity index is 5810. The van der Waals surface area contributed by atoms with E-state index in [4.69, 9.17) is 75.8 Å². The van der Waals surface area contributed by atoms with E-state index in [1.54, 1.807) is 13.2 Å². The molecule has 2 saturated carbocycles. The van der Waals surface area contributed by atoms with Crippen molar-refractivity contribution in [2.75, 3.05) is 118 Å². The molecule has 12 aliphatic rings. The van der Waals surface area contributed by atoms with Gasteiger partial charge in [0.05, 0.1) is 66.0 Å². The number of likely N-dealkylation sites (N-methyl/N-ethyl adjacent to an activating group) is 1. The van der Waals surface area contributed by atoms with E-state index in [9.17, 15) is 48.9 Å². The number of carbonyl (C=O) groups excluding carboxylic acids is 7. The molecule has 21 atom stereocenters. The largest absolute Gasteiger partial charge is 0.496 e. The van der Waals surface area contributed by atoms with Crippen LogP contribution in [0.3, 0.4) is 0 Å². The molecule has 712 valence electrons. The van der Waals surface area contributed by atoms with E-state index in [0.717, 1.165) is 69.4 Å². The summed E-state index contributed by atoms with van der Waals surface area (Å²) in [6, 6.07) is 21.1. The molecule has 18 rings (SSSR count). The highest BCUT2D eigenvalue weighted by Gasteiger charge is 2.83. The van der Waals surface area contributed by atoms with Crippen molar-refractivity contribution in [2.24, 2.45) is 22.7 Å². The van der Waals surface area contributed by atoms with Gasteiger partial charge in [0.1, 0.15) is 22.3 Å². The van der Waals surface area contributed by atoms with Crippen molar-refractivity contribution in [1.82, 2.24) is 29.6 Å². The lowest BCUT2D eigenvalue weighted by molar-refractivity contribution is -0.229. The number of benzene rings is 4. The van der Waals surface area contributed by atoms with Crippen LogP contribution in [0.2, 0.25) is 0 Å². The van der Waals surface area contributed by atoms with Gasteiger partial charge in [0.25, 0.3) is 0 Å². The number of carboxylic acids is 2. The summed E-state index contributed by atoms with van der Waals surface area (Å²) in [4.78, 5) is 139. The summed E-state index contributed by atoms with van der Waals surface area (Å²) in [7, 11) is 5.65. The fourth-order valence-electron chi connectivity index (χ4n) is 26.5. The number of aliphatic carboxylic acids is 2. The van der Waals surface area contributed by atoms with Crippen LogP contribution in [0, 0.1) is 22.7 Å². The Balaban J connectivity index is 0.000000175. The second-order valence-electron chi connectivity index (χ2n) is 37.3. The number of piperidine rings is 1. The van der Waals surface area contributed by atoms with E-state index in [-0.39, 0.29) is 30.3 Å². The zero-order valence-electron chi connectivity index (χ0n) is 76.2. The van der Waals surface area contributed by atoms with Crippen LogP contribution in [0.5, 0.6) is 11.5 Å². The van der Waals surface area contributed by atoms with Gasteiger partial charge in [-0.3, -0.25) is 52.7 Å². The monoisotopic (exact) mass is 1850 g/mol. The topological polar surface area (TPSA) is 495 Å². The number of hydrogen-bond donors (Lipinski definition) is 11. The fraction of sp³-hybridized carbons (Fsp3) is 0.547. The molecule has 4 bridgehead atoms. The Morgan fingerprint density at radius 3 is 1.48 bits per heavy atom. The highest BCUT2D eigenvalue weighted by molar-refractivity contribution is 7.79. The minimum absolute atomic E-state index is 0.0284. The third-order valence-electron chi connectivity index (χ3n) is 31.1. The maximum absolute atomic E-state index is 15.3. The number of methoxy groups -OCH3 is 6. The first-order valence-electron chi connectivity index (χ1n) is 44.6. The van der Waals surface area contributed by atoms with Crippen LogP contribution in [0.1, 0.15) is 144 Å². The molecule has 0 radical (unpaired) electrons. The van der Waals surface area contributed by atoms with E-state index in [0.29, 0.717) is 150 Å². The number of aromatic amines is 2. The molecular formula is C95H118N8O28S. The predicted octanol–water partition coefficient (Wildman–Crippen LogP) is 5.50. The van der Waals surface area contributed by atoms with Crippen LogP contribution in [0.15, 0.2) is 109 Å². The molecule has 2 unspecified atom stereocenters. The Hall–Kier alpha value is -10.7. The lowest BCUT2D eigenvalue weighted by Gasteiger charge is -2.63. The maximum atomic E-state index is 15.3. The quantitative estimate of drug-likeness (QED) is 0.0166. The van der Waals surface area contributed by atoms with Gasteiger partial charge >= 0.3 is 58.2 Å². The van der Waals surface area contributed by atoms with Crippen LogP contribution in [-0.4, -0.2) is 311 Å². The second kappa shape index (κ2) is 35.3. The number of carboxylic acid groups (broad SMARTS) is 2. The van der Waals surface area contributed by atoms with Gasteiger partial charge < -0.3 is 93.4 Å². The van der Waals surface area contributed by atoms with Crippen molar-refractivity contribution >= 4 is 97.7 Å². The van der Waals surface area contributed by atoms with E-state index in [2.05, 4.69) is 79.0 Å². The van der Waals surface area contributed by atoms with Crippen LogP contribution in [-0.2, 0) is 117 Å². The van der Waals surface area contributed by atoms with E-state index >= 15 is 9.59 Å². The molecule has 132 heavy (non-hydrogen) atoms. The van der Waals surface area contributed by atoms with E-state index in [1.807, 2.05) is 87.3 Å². The average Bonchev–Trinajstić information content (AvgIpc) is 1.47. The Morgan fingerprint density at radius 2 is 1.02 bits per heavy atom. The standard InChI is InChI=1S/C46H56N4O10.C45H54N4O8.C4H6O6.H2O4S/c1-7-42(55)22-28-23-45(40(53)58-5,36-30(14-18-48(24-28)25-42)29-12-9-10-13-33(29)47-36)32-20-31-34(21-35(32)57-4)50(26-51)38-44(31)16-19-49-17-11-15-43(8-2,37(44)49)39(60-27(3)52)46(38,56)41(54)59-6;1-8-27-19-28-22-44(40(51)55-6,36-30(25-48(23-27)24-28)29-13-10-11-14-33(29)46-36)32-20-31-34(21-35(32)54-5)47(4)38-43(31)16-18-49-17-12-15-42(9-2,37(43)49)39(57-26(3)50)45(38,53)41(52)56-7;5-1(3(7)8)2(6)4(9)10;1-5(2,3)4/h9-13,15,20-21,26,28,37-39,47,55-56H,7-8,14,16-19,22-25H2,1-6H3;10-15,19-21,28,37-39,46,53H,8-9,16-18,22-25H2,1-7H3;1-2,5-6H,(H,7,8)(H,9,10);(H2,1,2,3,4)/t28-,37+,38-,39-,42+,43-,44-,45+,46+;28-,37-,38+,39+,42+,43+,44-,45-;;/m10../s1. The van der Waals surface area contributed by atoms with Gasteiger partial charge in [0, 0.05) is 169 Å². The molecule has 2 spiro atoms. The van der Waals surface area contributed by atoms with Crippen molar-refractivity contribution in [3.63, 3.8) is 0 Å². The van der Waals surface area contributed by atoms with Crippen molar-refractivity contribution in [1.29, 1.82) is 0 Å². The molecule has 11 N–H and O–H groups in total. The van der Waals surface area contributed by atoms with Gasteiger partial charge in [0.2, 0.25) is 17.6 Å². The molecule has 6 aromatic rings. The third-order valence-corrected chi connectivity index (χ3v) is 31.1. The number of aromatic nitrogens is 2. The molecule has 2 aliphatic carbocycles. The third kappa shape index (κ3) is 14.5. The van der Waals surface area contributed by atoms with Gasteiger partial charge in [-0.2, -0.15) is 8.42 Å².